The number of aromatic hydroxyl groups is 1. The monoisotopic (exact) mass is 413 g/mol. The van der Waals surface area contributed by atoms with Gasteiger partial charge in [-0.05, 0) is 44.2 Å². The first-order valence-electron chi connectivity index (χ1n) is 8.79. The molecule has 0 aliphatic heterocycles. The Morgan fingerprint density at radius 2 is 1.97 bits per heavy atom. The third-order valence-corrected chi connectivity index (χ3v) is 5.15. The molecule has 2 N–H and O–H groups in total. The van der Waals surface area contributed by atoms with Crippen LogP contribution < -0.4 is 5.32 Å². The fraction of sp³-hybridized carbons (Fsp3) is 0.211. The summed E-state index contributed by atoms with van der Waals surface area (Å²) in [5, 5.41) is 32.1. The molecule has 0 radical (unpaired) electrons. The highest BCUT2D eigenvalue weighted by molar-refractivity contribution is 7.99. The second-order valence-corrected chi connectivity index (χ2v) is 7.14. The van der Waals surface area contributed by atoms with Gasteiger partial charge in [0.2, 0.25) is 5.91 Å². The lowest BCUT2D eigenvalue weighted by Crippen LogP contribution is -2.15. The van der Waals surface area contributed by atoms with E-state index in [0.717, 1.165) is 5.56 Å². The van der Waals surface area contributed by atoms with E-state index in [9.17, 15) is 20.0 Å². The van der Waals surface area contributed by atoms with Crippen LogP contribution in [0.2, 0.25) is 0 Å². The molecule has 29 heavy (non-hydrogen) atoms. The van der Waals surface area contributed by atoms with Crippen molar-refractivity contribution in [2.45, 2.75) is 25.5 Å². The summed E-state index contributed by atoms with van der Waals surface area (Å²) < 4.78 is 1.88. The van der Waals surface area contributed by atoms with Crippen LogP contribution in [0, 0.1) is 17.0 Å². The molecule has 3 rings (SSSR count). The van der Waals surface area contributed by atoms with E-state index in [4.69, 9.17) is 0 Å². The summed E-state index contributed by atoms with van der Waals surface area (Å²) in [4.78, 5) is 22.8. The Morgan fingerprint density at radius 1 is 1.24 bits per heavy atom. The molecule has 0 atom stereocenters. The molecule has 9 nitrogen and oxygen atoms in total. The molecule has 0 fully saturated rings. The molecule has 0 spiro atoms. The molecule has 0 saturated carbocycles. The van der Waals surface area contributed by atoms with E-state index in [-0.39, 0.29) is 23.1 Å². The number of hydrogen-bond donors (Lipinski definition) is 2. The van der Waals surface area contributed by atoms with Crippen molar-refractivity contribution in [2.24, 2.45) is 0 Å². The average Bonchev–Trinajstić information content (AvgIpc) is 3.11. The Morgan fingerprint density at radius 3 is 2.62 bits per heavy atom. The van der Waals surface area contributed by atoms with Gasteiger partial charge in [-0.15, -0.1) is 10.2 Å². The van der Waals surface area contributed by atoms with Crippen molar-refractivity contribution >= 4 is 29.0 Å². The normalized spacial score (nSPS) is 10.7. The fourth-order valence-electron chi connectivity index (χ4n) is 2.72. The van der Waals surface area contributed by atoms with Crippen molar-refractivity contribution in [3.63, 3.8) is 0 Å². The lowest BCUT2D eigenvalue weighted by molar-refractivity contribution is -0.385. The number of carbonyl (C=O) groups is 1. The lowest BCUT2D eigenvalue weighted by atomic mass is 10.2. The number of rotatable bonds is 7. The number of hydrogen-bond acceptors (Lipinski definition) is 7. The van der Waals surface area contributed by atoms with Crippen LogP contribution in [-0.2, 0) is 11.3 Å². The summed E-state index contributed by atoms with van der Waals surface area (Å²) in [7, 11) is 0. The van der Waals surface area contributed by atoms with Crippen molar-refractivity contribution in [1.82, 2.24) is 14.8 Å². The van der Waals surface area contributed by atoms with E-state index in [1.54, 1.807) is 43.3 Å². The zero-order valence-electron chi connectivity index (χ0n) is 15.8. The topological polar surface area (TPSA) is 123 Å². The summed E-state index contributed by atoms with van der Waals surface area (Å²) in [6.07, 6.45) is 0. The van der Waals surface area contributed by atoms with Gasteiger partial charge >= 0.3 is 0 Å². The van der Waals surface area contributed by atoms with Gasteiger partial charge in [0.25, 0.3) is 5.69 Å². The van der Waals surface area contributed by atoms with Gasteiger partial charge in [0.1, 0.15) is 5.75 Å². The summed E-state index contributed by atoms with van der Waals surface area (Å²) >= 11 is 1.23. The van der Waals surface area contributed by atoms with Crippen molar-refractivity contribution in [1.29, 1.82) is 0 Å². The largest absolute Gasteiger partial charge is 0.508 e. The number of amides is 1. The van der Waals surface area contributed by atoms with Gasteiger partial charge in [-0.3, -0.25) is 14.9 Å². The predicted molar refractivity (Wildman–Crippen MR) is 110 cm³/mol. The Balaban J connectivity index is 1.68. The quantitative estimate of drug-likeness (QED) is 0.344. The van der Waals surface area contributed by atoms with E-state index in [2.05, 4.69) is 15.5 Å². The number of phenols is 1. The molecule has 3 aromatic rings. The number of phenolic OH excluding ortho intramolecular Hbond substituents is 1. The van der Waals surface area contributed by atoms with E-state index >= 15 is 0 Å². The molecule has 1 amide bonds. The van der Waals surface area contributed by atoms with E-state index in [0.29, 0.717) is 28.8 Å². The minimum atomic E-state index is -0.478. The van der Waals surface area contributed by atoms with E-state index in [1.807, 2.05) is 11.5 Å². The summed E-state index contributed by atoms with van der Waals surface area (Å²) in [6.45, 7) is 4.20. The second kappa shape index (κ2) is 8.74. The third-order valence-electron chi connectivity index (χ3n) is 4.18. The van der Waals surface area contributed by atoms with E-state index in [1.165, 1.54) is 17.8 Å². The minimum Gasteiger partial charge on any atom is -0.508 e. The Labute approximate surface area is 170 Å². The van der Waals surface area contributed by atoms with Crippen LogP contribution in [0.15, 0.2) is 47.6 Å². The van der Waals surface area contributed by atoms with Crippen LogP contribution in [0.4, 0.5) is 11.4 Å². The Bertz CT molecular complexity index is 1050. The van der Waals surface area contributed by atoms with Crippen LogP contribution in [0.3, 0.4) is 0 Å². The van der Waals surface area contributed by atoms with Crippen molar-refractivity contribution in [3.8, 4) is 17.1 Å². The van der Waals surface area contributed by atoms with Gasteiger partial charge < -0.3 is 15.0 Å². The molecule has 1 aromatic heterocycles. The van der Waals surface area contributed by atoms with Gasteiger partial charge in [-0.2, -0.15) is 0 Å². The highest BCUT2D eigenvalue weighted by Gasteiger charge is 2.16. The van der Waals surface area contributed by atoms with Gasteiger partial charge in [0, 0.05) is 29.4 Å². The number of nitro benzene ring substituents is 1. The molecule has 0 aliphatic carbocycles. The van der Waals surface area contributed by atoms with Crippen LogP contribution in [0.25, 0.3) is 11.4 Å². The highest BCUT2D eigenvalue weighted by atomic mass is 32.2. The smallest absolute Gasteiger partial charge is 0.274 e. The zero-order valence-corrected chi connectivity index (χ0v) is 16.6. The molecule has 150 valence electrons. The maximum absolute atomic E-state index is 12.3. The van der Waals surface area contributed by atoms with Gasteiger partial charge in [-0.25, -0.2) is 0 Å². The zero-order chi connectivity index (χ0) is 21.0. The summed E-state index contributed by atoms with van der Waals surface area (Å²) in [5.74, 6) is 0.587. The Hall–Kier alpha value is -3.40. The maximum atomic E-state index is 12.3. The molecule has 0 saturated heterocycles. The first-order chi connectivity index (χ1) is 13.9. The standard InChI is InChI=1S/C19H19N5O4S/c1-3-23-18(13-5-8-15(25)9-6-13)21-22-19(23)29-11-17(26)20-14-7-4-12(2)16(10-14)24(27)28/h4-10,25H,3,11H2,1-2H3,(H,20,26). The maximum Gasteiger partial charge on any atom is 0.274 e. The molecule has 2 aromatic carbocycles. The molecular weight excluding hydrogens is 394 g/mol. The van der Waals surface area contributed by atoms with Crippen molar-refractivity contribution < 1.29 is 14.8 Å². The van der Waals surface area contributed by atoms with Crippen LogP contribution in [0.1, 0.15) is 12.5 Å². The summed E-state index contributed by atoms with van der Waals surface area (Å²) in [5.41, 5.74) is 1.66. The first kappa shape index (κ1) is 20.3. The number of benzene rings is 2. The van der Waals surface area contributed by atoms with E-state index < -0.39 is 4.92 Å². The predicted octanol–water partition coefficient (Wildman–Crippen LogP) is 3.62. The number of aromatic nitrogens is 3. The van der Waals surface area contributed by atoms with Crippen molar-refractivity contribution in [3.05, 3.63) is 58.1 Å². The second-order valence-electron chi connectivity index (χ2n) is 6.19. The highest BCUT2D eigenvalue weighted by Crippen LogP contribution is 2.26. The minimum absolute atomic E-state index is 0.0419. The number of anilines is 1. The van der Waals surface area contributed by atoms with Crippen molar-refractivity contribution in [2.75, 3.05) is 11.1 Å². The number of nitrogens with zero attached hydrogens (tertiary/aromatic N) is 4. The number of aryl methyl sites for hydroxylation is 1. The molecule has 10 heteroatoms. The first-order valence-corrected chi connectivity index (χ1v) is 9.78. The Kier molecular flexibility index (Phi) is 6.13. The van der Waals surface area contributed by atoms with Gasteiger partial charge in [-0.1, -0.05) is 17.8 Å². The number of nitrogens with one attached hydrogen (secondary N) is 1. The van der Waals surface area contributed by atoms with Crippen LogP contribution in [0.5, 0.6) is 5.75 Å². The molecule has 0 aliphatic rings. The molecule has 0 bridgehead atoms. The van der Waals surface area contributed by atoms with Crippen LogP contribution >= 0.6 is 11.8 Å². The molecule has 0 unspecified atom stereocenters. The molecule has 1 heterocycles. The lowest BCUT2D eigenvalue weighted by Gasteiger charge is -2.08. The number of nitro groups is 1. The van der Waals surface area contributed by atoms with Crippen LogP contribution in [-0.4, -0.2) is 36.5 Å². The fourth-order valence-corrected chi connectivity index (χ4v) is 3.52. The third kappa shape index (κ3) is 4.72. The van der Waals surface area contributed by atoms with Gasteiger partial charge in [0.15, 0.2) is 11.0 Å². The SMILES string of the molecule is CCn1c(SCC(=O)Nc2ccc(C)c([N+](=O)[O-])c2)nnc1-c1ccc(O)cc1. The summed E-state index contributed by atoms with van der Waals surface area (Å²) in [6, 6.07) is 11.2. The number of thioether (sulfide) groups is 1. The van der Waals surface area contributed by atoms with Gasteiger partial charge in [0.05, 0.1) is 10.7 Å². The average molecular weight is 413 g/mol. The molecular formula is C19H19N5O4S. The number of carbonyl (C=O) groups excluding carboxylic acids is 1.